The summed E-state index contributed by atoms with van der Waals surface area (Å²) in [6.45, 7) is 1.59. The molecule has 1 aliphatic heterocycles. The Kier molecular flexibility index (Phi) is 6.70. The van der Waals surface area contributed by atoms with E-state index in [0.717, 1.165) is 24.1 Å². The lowest BCUT2D eigenvalue weighted by molar-refractivity contribution is -0.138. The summed E-state index contributed by atoms with van der Waals surface area (Å²) in [6.07, 6.45) is -3.26. The van der Waals surface area contributed by atoms with Crippen LogP contribution in [-0.2, 0) is 23.9 Å². The van der Waals surface area contributed by atoms with Crippen LogP contribution in [0.4, 0.5) is 13.2 Å². The maximum atomic E-state index is 12.9. The zero-order valence-corrected chi connectivity index (χ0v) is 16.3. The molecule has 0 saturated carbocycles. The molecule has 0 aliphatic carbocycles. The smallest absolute Gasteiger partial charge is 0.416 e. The van der Waals surface area contributed by atoms with Crippen molar-refractivity contribution in [3.63, 3.8) is 0 Å². The van der Waals surface area contributed by atoms with Gasteiger partial charge in [0.1, 0.15) is 11.9 Å². The third-order valence-corrected chi connectivity index (χ3v) is 5.19. The Morgan fingerprint density at radius 3 is 2.76 bits per heavy atom. The van der Waals surface area contributed by atoms with Crippen molar-refractivity contribution in [1.29, 1.82) is 0 Å². The largest absolute Gasteiger partial charge is 0.489 e. The van der Waals surface area contributed by atoms with E-state index in [2.05, 4.69) is 0 Å². The highest BCUT2D eigenvalue weighted by molar-refractivity contribution is 6.31. The Balaban J connectivity index is 1.59. The third kappa shape index (κ3) is 6.11. The number of likely N-dealkylation sites (tertiary alicyclic amines) is 1. The predicted octanol–water partition coefficient (Wildman–Crippen LogP) is 5.03. The number of hydrogen-bond donors (Lipinski definition) is 1. The van der Waals surface area contributed by atoms with Crippen LogP contribution in [0.1, 0.15) is 29.5 Å². The van der Waals surface area contributed by atoms with Gasteiger partial charge in [-0.05, 0) is 54.3 Å². The maximum absolute atomic E-state index is 12.9. The number of alkyl halides is 3. The fourth-order valence-corrected chi connectivity index (χ4v) is 3.55. The molecule has 1 heterocycles. The lowest BCUT2D eigenvalue weighted by atomic mass is 10.1. The van der Waals surface area contributed by atoms with Gasteiger partial charge in [-0.1, -0.05) is 23.7 Å². The molecule has 0 radical (unpaired) electrons. The number of carbonyl (C=O) groups is 1. The van der Waals surface area contributed by atoms with E-state index >= 15 is 0 Å². The van der Waals surface area contributed by atoms with E-state index in [0.29, 0.717) is 42.4 Å². The highest BCUT2D eigenvalue weighted by atomic mass is 35.5. The maximum Gasteiger partial charge on any atom is 0.416 e. The summed E-state index contributed by atoms with van der Waals surface area (Å²) in [4.78, 5) is 12.7. The van der Waals surface area contributed by atoms with Crippen LogP contribution in [0, 0.1) is 0 Å². The molecule has 1 saturated heterocycles. The number of carboxylic acid groups (broad SMARTS) is 1. The number of nitrogens with zero attached hydrogens (tertiary/aromatic N) is 1. The number of rotatable bonds is 7. The summed E-state index contributed by atoms with van der Waals surface area (Å²) in [5.74, 6) is -0.187. The molecule has 0 aromatic heterocycles. The second kappa shape index (κ2) is 9.05. The van der Waals surface area contributed by atoms with Crippen molar-refractivity contribution < 1.29 is 27.8 Å². The van der Waals surface area contributed by atoms with Crippen molar-refractivity contribution in [2.45, 2.75) is 38.1 Å². The van der Waals surface area contributed by atoms with Gasteiger partial charge in [-0.3, -0.25) is 9.69 Å². The van der Waals surface area contributed by atoms with E-state index in [1.54, 1.807) is 0 Å². The lowest BCUT2D eigenvalue weighted by Gasteiger charge is -2.19. The molecule has 156 valence electrons. The van der Waals surface area contributed by atoms with Crippen LogP contribution < -0.4 is 4.74 Å². The Labute approximate surface area is 171 Å². The molecule has 3 rings (SSSR count). The van der Waals surface area contributed by atoms with Gasteiger partial charge in [0.05, 0.1) is 5.56 Å². The van der Waals surface area contributed by atoms with Gasteiger partial charge in [-0.15, -0.1) is 0 Å². The van der Waals surface area contributed by atoms with Crippen molar-refractivity contribution in [1.82, 2.24) is 4.90 Å². The molecule has 29 heavy (non-hydrogen) atoms. The van der Waals surface area contributed by atoms with Crippen LogP contribution in [0.5, 0.6) is 5.75 Å². The van der Waals surface area contributed by atoms with Gasteiger partial charge in [0, 0.05) is 31.1 Å². The number of aliphatic carboxylic acids is 1. The molecule has 0 spiro atoms. The van der Waals surface area contributed by atoms with Crippen LogP contribution in [0.3, 0.4) is 0 Å². The fourth-order valence-electron chi connectivity index (χ4n) is 3.37. The molecular weight excluding hydrogens is 407 g/mol. The molecule has 1 N–H and O–H groups in total. The second-order valence-corrected chi connectivity index (χ2v) is 7.52. The van der Waals surface area contributed by atoms with Gasteiger partial charge in [0.25, 0.3) is 0 Å². The monoisotopic (exact) mass is 427 g/mol. The van der Waals surface area contributed by atoms with Crippen molar-refractivity contribution in [2.24, 2.45) is 0 Å². The summed E-state index contributed by atoms with van der Waals surface area (Å²) in [5.41, 5.74) is 0.621. The summed E-state index contributed by atoms with van der Waals surface area (Å²) in [6, 6.07) is 10.7. The molecule has 1 unspecified atom stereocenters. The first-order chi connectivity index (χ1) is 13.7. The minimum Gasteiger partial charge on any atom is -0.489 e. The van der Waals surface area contributed by atoms with Gasteiger partial charge >= 0.3 is 12.1 Å². The summed E-state index contributed by atoms with van der Waals surface area (Å²) < 4.78 is 44.8. The molecule has 2 aromatic carbocycles. The topological polar surface area (TPSA) is 49.8 Å². The molecule has 2 aromatic rings. The van der Waals surface area contributed by atoms with Crippen molar-refractivity contribution in [3.8, 4) is 5.75 Å². The molecule has 4 nitrogen and oxygen atoms in total. The van der Waals surface area contributed by atoms with E-state index in [9.17, 15) is 18.0 Å². The molecule has 0 amide bonds. The standard InChI is InChI=1S/C21H21ClF3NO3/c22-19-6-5-16(21(23,24)25)11-15(19)12-26-9-8-18(13-26)29-17-3-1-2-14(10-17)4-7-20(27)28/h1-3,5-6,10-11,18H,4,7-9,12-13H2,(H,27,28). The first kappa shape index (κ1) is 21.5. The highest BCUT2D eigenvalue weighted by Gasteiger charge is 2.31. The molecule has 8 heteroatoms. The number of aryl methyl sites for hydroxylation is 1. The lowest BCUT2D eigenvalue weighted by Crippen LogP contribution is -2.25. The Morgan fingerprint density at radius 1 is 1.24 bits per heavy atom. The number of halogens is 4. The van der Waals surface area contributed by atoms with Gasteiger partial charge < -0.3 is 9.84 Å². The minimum absolute atomic E-state index is 0.0540. The number of hydrogen-bond acceptors (Lipinski definition) is 3. The minimum atomic E-state index is -4.40. The normalized spacial score (nSPS) is 17.4. The molecule has 1 atom stereocenters. The third-order valence-electron chi connectivity index (χ3n) is 4.82. The summed E-state index contributed by atoms with van der Waals surface area (Å²) >= 11 is 6.09. The predicted molar refractivity (Wildman–Crippen MR) is 103 cm³/mol. The quantitative estimate of drug-likeness (QED) is 0.673. The fraction of sp³-hybridized carbons (Fsp3) is 0.381. The van der Waals surface area contributed by atoms with E-state index in [1.807, 2.05) is 29.2 Å². The second-order valence-electron chi connectivity index (χ2n) is 7.11. The molecule has 0 bridgehead atoms. The van der Waals surface area contributed by atoms with Gasteiger partial charge in [-0.25, -0.2) is 0 Å². The van der Waals surface area contributed by atoms with Crippen LogP contribution in [0.2, 0.25) is 5.02 Å². The first-order valence-electron chi connectivity index (χ1n) is 9.26. The van der Waals surface area contributed by atoms with E-state index in [1.165, 1.54) is 6.07 Å². The van der Waals surface area contributed by atoms with Gasteiger partial charge in [0.2, 0.25) is 0 Å². The Hall–Kier alpha value is -2.25. The first-order valence-corrected chi connectivity index (χ1v) is 9.64. The Bertz CT molecular complexity index is 872. The summed E-state index contributed by atoms with van der Waals surface area (Å²) in [5, 5.41) is 9.11. The molecule has 1 aliphatic rings. The van der Waals surface area contributed by atoms with Crippen LogP contribution in [0.25, 0.3) is 0 Å². The number of benzene rings is 2. The summed E-state index contributed by atoms with van der Waals surface area (Å²) in [7, 11) is 0. The van der Waals surface area contributed by atoms with Crippen LogP contribution in [0.15, 0.2) is 42.5 Å². The zero-order chi connectivity index (χ0) is 21.0. The van der Waals surface area contributed by atoms with Crippen molar-refractivity contribution in [2.75, 3.05) is 13.1 Å². The SMILES string of the molecule is O=C(O)CCc1cccc(OC2CCN(Cc3cc(C(F)(F)F)ccc3Cl)C2)c1. The van der Waals surface area contributed by atoms with E-state index < -0.39 is 17.7 Å². The van der Waals surface area contributed by atoms with Gasteiger partial charge in [-0.2, -0.15) is 13.2 Å². The van der Waals surface area contributed by atoms with Crippen molar-refractivity contribution in [3.05, 3.63) is 64.2 Å². The zero-order valence-electron chi connectivity index (χ0n) is 15.6. The average Bonchev–Trinajstić information content (AvgIpc) is 3.08. The van der Waals surface area contributed by atoms with E-state index in [4.69, 9.17) is 21.4 Å². The van der Waals surface area contributed by atoms with Gasteiger partial charge in [0.15, 0.2) is 0 Å². The van der Waals surface area contributed by atoms with Crippen LogP contribution >= 0.6 is 11.6 Å². The average molecular weight is 428 g/mol. The van der Waals surface area contributed by atoms with Crippen molar-refractivity contribution >= 4 is 17.6 Å². The number of ether oxygens (including phenoxy) is 1. The molecular formula is C21H21ClF3NO3. The Morgan fingerprint density at radius 2 is 2.03 bits per heavy atom. The van der Waals surface area contributed by atoms with Crippen LogP contribution in [-0.4, -0.2) is 35.2 Å². The van der Waals surface area contributed by atoms with E-state index in [-0.39, 0.29) is 12.5 Å². The number of carboxylic acids is 1. The highest BCUT2D eigenvalue weighted by Crippen LogP contribution is 2.32. The molecule has 1 fully saturated rings.